The number of halogens is 2. The molecule has 0 saturated carbocycles. The van der Waals surface area contributed by atoms with E-state index in [9.17, 15) is 0 Å². The Bertz CT molecular complexity index is 628. The molecule has 1 unspecified atom stereocenters. The summed E-state index contributed by atoms with van der Waals surface area (Å²) >= 11 is 7.28. The highest BCUT2D eigenvalue weighted by Crippen LogP contribution is 2.36. The Hall–Kier alpha value is -0.840. The maximum atomic E-state index is 5.59. The van der Waals surface area contributed by atoms with Crippen molar-refractivity contribution in [3.05, 3.63) is 62.0 Å². The van der Waals surface area contributed by atoms with Crippen molar-refractivity contribution in [3.8, 4) is 5.75 Å². The van der Waals surface area contributed by atoms with Crippen LogP contribution >= 0.6 is 31.9 Å². The fourth-order valence-corrected chi connectivity index (χ4v) is 3.25. The first kappa shape index (κ1) is 16.5. The summed E-state index contributed by atoms with van der Waals surface area (Å²) in [4.78, 5) is 0. The molecule has 0 heterocycles. The minimum Gasteiger partial charge on any atom is -0.496 e. The molecular formula is C17H19Br2NO. The fourth-order valence-electron chi connectivity index (χ4n) is 2.37. The van der Waals surface area contributed by atoms with E-state index in [1.165, 1.54) is 5.56 Å². The highest BCUT2D eigenvalue weighted by atomic mass is 79.9. The van der Waals surface area contributed by atoms with E-state index in [0.717, 1.165) is 32.4 Å². The minimum absolute atomic E-state index is 0.0809. The van der Waals surface area contributed by atoms with Crippen LogP contribution in [0.4, 0.5) is 0 Å². The van der Waals surface area contributed by atoms with E-state index in [0.29, 0.717) is 0 Å². The molecule has 1 atom stereocenters. The summed E-state index contributed by atoms with van der Waals surface area (Å²) in [5.74, 6) is 0.900. The summed E-state index contributed by atoms with van der Waals surface area (Å²) < 4.78 is 7.78. The standard InChI is InChI=1S/C17H19Br2NO/c1-4-20-17(12-7-5-6-8-14(12)18)13-10-15(19)11(2)9-16(13)21-3/h5-10,17,20H,4H2,1-3H3. The first-order valence-electron chi connectivity index (χ1n) is 6.90. The van der Waals surface area contributed by atoms with Gasteiger partial charge in [0, 0.05) is 14.5 Å². The van der Waals surface area contributed by atoms with Gasteiger partial charge in [0.25, 0.3) is 0 Å². The highest BCUT2D eigenvalue weighted by Gasteiger charge is 2.20. The molecule has 2 rings (SSSR count). The summed E-state index contributed by atoms with van der Waals surface area (Å²) in [5, 5.41) is 3.55. The van der Waals surface area contributed by atoms with Crippen LogP contribution in [-0.2, 0) is 0 Å². The smallest absolute Gasteiger partial charge is 0.124 e. The largest absolute Gasteiger partial charge is 0.496 e. The maximum absolute atomic E-state index is 5.59. The molecule has 4 heteroatoms. The lowest BCUT2D eigenvalue weighted by Crippen LogP contribution is -2.23. The third kappa shape index (κ3) is 3.68. The van der Waals surface area contributed by atoms with Crippen LogP contribution < -0.4 is 10.1 Å². The summed E-state index contributed by atoms with van der Waals surface area (Å²) in [7, 11) is 1.72. The Labute approximate surface area is 143 Å². The third-order valence-corrected chi connectivity index (χ3v) is 5.02. The molecule has 2 aromatic rings. The molecule has 0 saturated heterocycles. The zero-order chi connectivity index (χ0) is 15.4. The van der Waals surface area contributed by atoms with Crippen molar-refractivity contribution in [2.24, 2.45) is 0 Å². The van der Waals surface area contributed by atoms with Crippen molar-refractivity contribution in [2.75, 3.05) is 13.7 Å². The molecule has 2 aromatic carbocycles. The molecule has 0 fully saturated rings. The molecule has 0 spiro atoms. The van der Waals surface area contributed by atoms with Crippen molar-refractivity contribution in [3.63, 3.8) is 0 Å². The van der Waals surface area contributed by atoms with Gasteiger partial charge in [-0.05, 0) is 42.8 Å². The van der Waals surface area contributed by atoms with Crippen LogP contribution in [-0.4, -0.2) is 13.7 Å². The summed E-state index contributed by atoms with van der Waals surface area (Å²) in [6.07, 6.45) is 0. The van der Waals surface area contributed by atoms with Crippen molar-refractivity contribution in [1.29, 1.82) is 0 Å². The van der Waals surface area contributed by atoms with Gasteiger partial charge in [-0.25, -0.2) is 0 Å². The second-order valence-electron chi connectivity index (χ2n) is 4.86. The molecule has 2 nitrogen and oxygen atoms in total. The molecule has 112 valence electrons. The number of methoxy groups -OCH3 is 1. The normalized spacial score (nSPS) is 12.2. The van der Waals surface area contributed by atoms with Crippen molar-refractivity contribution >= 4 is 31.9 Å². The second kappa shape index (κ2) is 7.43. The molecular weight excluding hydrogens is 394 g/mol. The molecule has 0 aromatic heterocycles. The van der Waals surface area contributed by atoms with Gasteiger partial charge in [-0.15, -0.1) is 0 Å². The Morgan fingerprint density at radius 3 is 2.43 bits per heavy atom. The average Bonchev–Trinajstić information content (AvgIpc) is 2.48. The van der Waals surface area contributed by atoms with Crippen LogP contribution in [0.1, 0.15) is 29.7 Å². The Morgan fingerprint density at radius 2 is 1.81 bits per heavy atom. The number of hydrogen-bond acceptors (Lipinski definition) is 2. The number of aryl methyl sites for hydroxylation is 1. The van der Waals surface area contributed by atoms with E-state index < -0.39 is 0 Å². The number of nitrogens with one attached hydrogen (secondary N) is 1. The van der Waals surface area contributed by atoms with Gasteiger partial charge in [0.1, 0.15) is 5.75 Å². The number of benzene rings is 2. The van der Waals surface area contributed by atoms with Gasteiger partial charge in [0.2, 0.25) is 0 Å². The van der Waals surface area contributed by atoms with E-state index in [-0.39, 0.29) is 6.04 Å². The molecule has 21 heavy (non-hydrogen) atoms. The van der Waals surface area contributed by atoms with E-state index in [1.807, 2.05) is 6.07 Å². The molecule has 0 aliphatic rings. The summed E-state index contributed by atoms with van der Waals surface area (Å²) in [6, 6.07) is 12.6. The molecule has 0 bridgehead atoms. The zero-order valence-corrected chi connectivity index (χ0v) is 15.6. The molecule has 1 N–H and O–H groups in total. The summed E-state index contributed by atoms with van der Waals surface area (Å²) in [5.41, 5.74) is 3.50. The third-order valence-electron chi connectivity index (χ3n) is 3.45. The van der Waals surface area contributed by atoms with Gasteiger partial charge in [-0.3, -0.25) is 0 Å². The van der Waals surface area contributed by atoms with Crippen molar-refractivity contribution in [1.82, 2.24) is 5.32 Å². The summed E-state index contributed by atoms with van der Waals surface area (Å²) in [6.45, 7) is 5.05. The van der Waals surface area contributed by atoms with Gasteiger partial charge in [-0.1, -0.05) is 57.0 Å². The highest BCUT2D eigenvalue weighted by molar-refractivity contribution is 9.10. The lowest BCUT2D eigenvalue weighted by atomic mass is 9.96. The Morgan fingerprint density at radius 1 is 1.10 bits per heavy atom. The molecule has 0 amide bonds. The SMILES string of the molecule is CCNC(c1ccccc1Br)c1cc(Br)c(C)cc1OC. The number of rotatable bonds is 5. The Kier molecular flexibility index (Phi) is 5.85. The maximum Gasteiger partial charge on any atom is 0.124 e. The van der Waals surface area contributed by atoms with Crippen molar-refractivity contribution < 1.29 is 4.74 Å². The van der Waals surface area contributed by atoms with Gasteiger partial charge >= 0.3 is 0 Å². The lowest BCUT2D eigenvalue weighted by molar-refractivity contribution is 0.404. The predicted octanol–water partition coefficient (Wildman–Crippen LogP) is 5.23. The number of ether oxygens (including phenoxy) is 1. The predicted molar refractivity (Wildman–Crippen MR) is 95.1 cm³/mol. The van der Waals surface area contributed by atoms with Crippen LogP contribution in [0.3, 0.4) is 0 Å². The van der Waals surface area contributed by atoms with E-state index in [4.69, 9.17) is 4.74 Å². The first-order valence-corrected chi connectivity index (χ1v) is 8.49. The van der Waals surface area contributed by atoms with Gasteiger partial charge in [0.15, 0.2) is 0 Å². The quantitative estimate of drug-likeness (QED) is 0.725. The Balaban J connectivity index is 2.58. The van der Waals surface area contributed by atoms with E-state index >= 15 is 0 Å². The van der Waals surface area contributed by atoms with E-state index in [2.05, 4.69) is 81.4 Å². The van der Waals surface area contributed by atoms with Gasteiger partial charge < -0.3 is 10.1 Å². The second-order valence-corrected chi connectivity index (χ2v) is 6.56. The van der Waals surface area contributed by atoms with Gasteiger partial charge in [-0.2, -0.15) is 0 Å². The van der Waals surface area contributed by atoms with Crippen LogP contribution in [0.2, 0.25) is 0 Å². The minimum atomic E-state index is 0.0809. The average molecular weight is 413 g/mol. The van der Waals surface area contributed by atoms with Crippen LogP contribution in [0.5, 0.6) is 5.75 Å². The zero-order valence-electron chi connectivity index (χ0n) is 12.4. The van der Waals surface area contributed by atoms with E-state index in [1.54, 1.807) is 7.11 Å². The van der Waals surface area contributed by atoms with Crippen LogP contribution in [0.25, 0.3) is 0 Å². The van der Waals surface area contributed by atoms with Crippen molar-refractivity contribution in [2.45, 2.75) is 19.9 Å². The van der Waals surface area contributed by atoms with Crippen LogP contribution in [0, 0.1) is 6.92 Å². The molecule has 0 aliphatic carbocycles. The topological polar surface area (TPSA) is 21.3 Å². The molecule has 0 radical (unpaired) electrons. The number of hydrogen-bond donors (Lipinski definition) is 1. The molecule has 0 aliphatic heterocycles. The monoisotopic (exact) mass is 411 g/mol. The fraction of sp³-hybridized carbons (Fsp3) is 0.294. The van der Waals surface area contributed by atoms with Crippen LogP contribution in [0.15, 0.2) is 45.3 Å². The lowest BCUT2D eigenvalue weighted by Gasteiger charge is -2.23. The first-order chi connectivity index (χ1) is 10.1. The van der Waals surface area contributed by atoms with Gasteiger partial charge in [0.05, 0.1) is 13.2 Å².